The van der Waals surface area contributed by atoms with E-state index in [2.05, 4.69) is 20.4 Å². The Morgan fingerprint density at radius 2 is 1.91 bits per heavy atom. The van der Waals surface area contributed by atoms with Gasteiger partial charge in [-0.05, 0) is 42.3 Å². The zero-order valence-corrected chi connectivity index (χ0v) is 18.8. The molecule has 0 radical (unpaired) electrons. The van der Waals surface area contributed by atoms with Gasteiger partial charge in [-0.25, -0.2) is 9.37 Å². The number of fused-ring (bicyclic) bond motifs is 1. The first kappa shape index (κ1) is 21.7. The smallest absolute Gasteiger partial charge is 0.268 e. The second kappa shape index (κ2) is 8.99. The molecule has 8 nitrogen and oxygen atoms in total. The predicted molar refractivity (Wildman–Crippen MR) is 126 cm³/mol. The molecule has 0 spiro atoms. The number of amides is 1. The quantitative estimate of drug-likeness (QED) is 0.399. The summed E-state index contributed by atoms with van der Waals surface area (Å²) in [5.74, 6) is -0.0938. The molecular weight excluding hydrogens is 457 g/mol. The van der Waals surface area contributed by atoms with Crippen LogP contribution in [0.4, 0.5) is 4.39 Å². The molecule has 170 valence electrons. The van der Waals surface area contributed by atoms with E-state index >= 15 is 0 Å². The molecule has 0 unspecified atom stereocenters. The highest BCUT2D eigenvalue weighted by atomic mass is 32.1. The Labute approximate surface area is 196 Å². The number of aromatic nitrogens is 4. The molecule has 0 aliphatic carbocycles. The summed E-state index contributed by atoms with van der Waals surface area (Å²) in [6, 6.07) is 15.3. The van der Waals surface area contributed by atoms with Crippen LogP contribution in [0.1, 0.15) is 11.1 Å². The summed E-state index contributed by atoms with van der Waals surface area (Å²) in [4.78, 5) is 35.4. The molecule has 0 aliphatic rings. The Hall–Kier alpha value is -4.18. The fourth-order valence-electron chi connectivity index (χ4n) is 3.51. The highest BCUT2D eigenvalue weighted by Crippen LogP contribution is 2.35. The Morgan fingerprint density at radius 1 is 1.15 bits per heavy atom. The maximum absolute atomic E-state index is 13.2. The Balaban J connectivity index is 1.39. The number of aryl methyl sites for hydroxylation is 1. The summed E-state index contributed by atoms with van der Waals surface area (Å²) in [5, 5.41) is 7.18. The summed E-state index contributed by atoms with van der Waals surface area (Å²) in [6.07, 6.45) is 1.37. The average molecular weight is 476 g/mol. The molecule has 0 saturated carbocycles. The molecule has 34 heavy (non-hydrogen) atoms. The van der Waals surface area contributed by atoms with E-state index in [1.807, 2.05) is 30.3 Å². The molecule has 0 aliphatic heterocycles. The van der Waals surface area contributed by atoms with Gasteiger partial charge in [0.25, 0.3) is 11.4 Å². The van der Waals surface area contributed by atoms with Crippen molar-refractivity contribution in [2.45, 2.75) is 20.0 Å². The molecule has 5 rings (SSSR count). The molecule has 0 bridgehead atoms. The van der Waals surface area contributed by atoms with Gasteiger partial charge in [0, 0.05) is 12.1 Å². The lowest BCUT2D eigenvalue weighted by molar-refractivity contribution is -0.121. The molecular formula is C24H18FN5O3S. The number of hydrogen-bond acceptors (Lipinski definition) is 7. The Kier molecular flexibility index (Phi) is 5.72. The van der Waals surface area contributed by atoms with Crippen molar-refractivity contribution in [2.24, 2.45) is 0 Å². The molecule has 1 amide bonds. The summed E-state index contributed by atoms with van der Waals surface area (Å²) >= 11 is 1.26. The van der Waals surface area contributed by atoms with Gasteiger partial charge in [0.1, 0.15) is 17.2 Å². The third-order valence-electron chi connectivity index (χ3n) is 5.29. The second-order valence-electron chi connectivity index (χ2n) is 7.61. The third kappa shape index (κ3) is 4.23. The number of nitrogens with zero attached hydrogens (tertiary/aromatic N) is 4. The van der Waals surface area contributed by atoms with Crippen molar-refractivity contribution < 1.29 is 13.7 Å². The molecule has 1 N–H and O–H groups in total. The predicted octanol–water partition coefficient (Wildman–Crippen LogP) is 3.94. The van der Waals surface area contributed by atoms with Crippen molar-refractivity contribution >= 4 is 27.5 Å². The van der Waals surface area contributed by atoms with Crippen LogP contribution in [0.5, 0.6) is 0 Å². The van der Waals surface area contributed by atoms with Gasteiger partial charge in [-0.3, -0.25) is 14.2 Å². The van der Waals surface area contributed by atoms with E-state index in [9.17, 15) is 14.0 Å². The second-order valence-corrected chi connectivity index (χ2v) is 8.61. The van der Waals surface area contributed by atoms with Gasteiger partial charge in [0.2, 0.25) is 11.7 Å². The number of benzene rings is 2. The van der Waals surface area contributed by atoms with Gasteiger partial charge in [-0.15, -0.1) is 11.3 Å². The average Bonchev–Trinajstić information content (AvgIpc) is 3.46. The zero-order valence-electron chi connectivity index (χ0n) is 18.0. The molecule has 2 aromatic carbocycles. The van der Waals surface area contributed by atoms with E-state index in [1.54, 1.807) is 19.1 Å². The van der Waals surface area contributed by atoms with Crippen molar-refractivity contribution in [3.8, 4) is 22.2 Å². The Bertz CT molecular complexity index is 1540. The highest BCUT2D eigenvalue weighted by molar-refractivity contribution is 7.22. The van der Waals surface area contributed by atoms with Crippen LogP contribution in [0, 0.1) is 12.7 Å². The number of halogens is 1. The van der Waals surface area contributed by atoms with Gasteiger partial charge < -0.3 is 9.84 Å². The van der Waals surface area contributed by atoms with Crippen LogP contribution in [0.3, 0.4) is 0 Å². The first-order valence-electron chi connectivity index (χ1n) is 10.4. The fraction of sp³-hybridized carbons (Fsp3) is 0.125. The first-order valence-corrected chi connectivity index (χ1v) is 11.2. The van der Waals surface area contributed by atoms with Crippen molar-refractivity contribution in [3.63, 3.8) is 0 Å². The molecule has 0 atom stereocenters. The summed E-state index contributed by atoms with van der Waals surface area (Å²) in [7, 11) is 0. The van der Waals surface area contributed by atoms with Crippen LogP contribution in [-0.2, 0) is 17.9 Å². The maximum atomic E-state index is 13.2. The highest BCUT2D eigenvalue weighted by Gasteiger charge is 2.21. The van der Waals surface area contributed by atoms with Gasteiger partial charge in [0.15, 0.2) is 0 Å². The number of carbonyl (C=O) groups is 1. The summed E-state index contributed by atoms with van der Waals surface area (Å²) in [5.41, 5.74) is 1.90. The van der Waals surface area contributed by atoms with Gasteiger partial charge >= 0.3 is 0 Å². The van der Waals surface area contributed by atoms with Gasteiger partial charge in [0.05, 0.1) is 16.6 Å². The maximum Gasteiger partial charge on any atom is 0.268 e. The van der Waals surface area contributed by atoms with Crippen molar-refractivity contribution in [3.05, 3.63) is 88.2 Å². The summed E-state index contributed by atoms with van der Waals surface area (Å²) < 4.78 is 19.9. The first-order chi connectivity index (χ1) is 16.5. The zero-order chi connectivity index (χ0) is 23.7. The lowest BCUT2D eigenvalue weighted by Gasteiger charge is -2.07. The van der Waals surface area contributed by atoms with Crippen LogP contribution < -0.4 is 10.9 Å². The van der Waals surface area contributed by atoms with Crippen LogP contribution in [0.2, 0.25) is 0 Å². The number of thiophene rings is 1. The van der Waals surface area contributed by atoms with E-state index in [-0.39, 0.29) is 29.7 Å². The van der Waals surface area contributed by atoms with E-state index in [1.165, 1.54) is 34.4 Å². The molecule has 0 fully saturated rings. The minimum Gasteiger partial charge on any atom is -0.350 e. The standard InChI is InChI=1S/C24H18FN5O3S/c1-14-19-23(34-20(14)22-28-21(29-33-22)16-7-9-17(25)10-8-16)27-13-30(24(19)32)12-18(31)26-11-15-5-3-2-4-6-15/h2-10,13H,11-12H2,1H3,(H,26,31). The number of nitrogens with one attached hydrogen (secondary N) is 1. The number of rotatable bonds is 6. The van der Waals surface area contributed by atoms with E-state index in [4.69, 9.17) is 4.52 Å². The van der Waals surface area contributed by atoms with Crippen molar-refractivity contribution in [2.75, 3.05) is 0 Å². The largest absolute Gasteiger partial charge is 0.350 e. The Morgan fingerprint density at radius 3 is 2.68 bits per heavy atom. The molecule has 10 heteroatoms. The van der Waals surface area contributed by atoms with Crippen LogP contribution in [-0.4, -0.2) is 25.6 Å². The van der Waals surface area contributed by atoms with Crippen molar-refractivity contribution in [1.82, 2.24) is 25.0 Å². The summed E-state index contributed by atoms with van der Waals surface area (Å²) in [6.45, 7) is 2.01. The SMILES string of the molecule is Cc1c(-c2nc(-c3ccc(F)cc3)no2)sc2ncn(CC(=O)NCc3ccccc3)c(=O)c12. The van der Waals surface area contributed by atoms with Crippen molar-refractivity contribution in [1.29, 1.82) is 0 Å². The van der Waals surface area contributed by atoms with Gasteiger partial charge in [-0.1, -0.05) is 35.5 Å². The monoisotopic (exact) mass is 475 g/mol. The topological polar surface area (TPSA) is 103 Å². The van der Waals surface area contributed by atoms with Crippen LogP contribution in [0.15, 0.2) is 70.2 Å². The number of hydrogen-bond donors (Lipinski definition) is 1. The van der Waals surface area contributed by atoms with E-state index < -0.39 is 0 Å². The van der Waals surface area contributed by atoms with Gasteiger partial charge in [-0.2, -0.15) is 4.98 Å². The number of carbonyl (C=O) groups excluding carboxylic acids is 1. The van der Waals surface area contributed by atoms with Crippen LogP contribution in [0.25, 0.3) is 32.4 Å². The molecule has 5 aromatic rings. The third-order valence-corrected chi connectivity index (χ3v) is 6.47. The van der Waals surface area contributed by atoms with Crippen LogP contribution >= 0.6 is 11.3 Å². The van der Waals surface area contributed by atoms with E-state index in [0.717, 1.165) is 5.56 Å². The lowest BCUT2D eigenvalue weighted by Crippen LogP contribution is -2.32. The molecule has 3 heterocycles. The lowest BCUT2D eigenvalue weighted by atomic mass is 10.2. The normalized spacial score (nSPS) is 11.1. The minimum absolute atomic E-state index is 0.144. The minimum atomic E-state index is -0.357. The fourth-order valence-corrected chi connectivity index (χ4v) is 4.58. The van der Waals surface area contributed by atoms with E-state index in [0.29, 0.717) is 38.6 Å². The molecule has 0 saturated heterocycles. The molecule has 3 aromatic heterocycles.